The number of nitro groups is 1. The van der Waals surface area contributed by atoms with Crippen LogP contribution < -0.4 is 4.74 Å². The molecule has 9 heteroatoms. The average molecular weight is 405 g/mol. The van der Waals surface area contributed by atoms with E-state index in [9.17, 15) is 18.5 Å². The van der Waals surface area contributed by atoms with Crippen molar-refractivity contribution in [1.29, 1.82) is 0 Å². The summed E-state index contributed by atoms with van der Waals surface area (Å²) in [6.45, 7) is 4.52. The first-order valence-electron chi connectivity index (χ1n) is 8.92. The molecule has 0 unspecified atom stereocenters. The van der Waals surface area contributed by atoms with E-state index in [-0.39, 0.29) is 23.7 Å². The second-order valence-electron chi connectivity index (χ2n) is 6.70. The molecule has 2 aromatic rings. The first-order valence-corrected chi connectivity index (χ1v) is 10.4. The van der Waals surface area contributed by atoms with Gasteiger partial charge in [0, 0.05) is 32.7 Å². The maximum absolute atomic E-state index is 13.0. The van der Waals surface area contributed by atoms with Crippen molar-refractivity contribution in [3.05, 3.63) is 63.7 Å². The fraction of sp³-hybridized carbons (Fsp3) is 0.368. The summed E-state index contributed by atoms with van der Waals surface area (Å²) in [5, 5.41) is 11.4. The smallest absolute Gasteiger partial charge is 0.293 e. The van der Waals surface area contributed by atoms with Crippen molar-refractivity contribution in [3.63, 3.8) is 0 Å². The van der Waals surface area contributed by atoms with Gasteiger partial charge in [-0.2, -0.15) is 4.31 Å². The molecule has 0 radical (unpaired) electrons. The predicted molar refractivity (Wildman–Crippen MR) is 105 cm³/mol. The van der Waals surface area contributed by atoms with Crippen LogP contribution in [-0.4, -0.2) is 55.8 Å². The molecule has 1 heterocycles. The van der Waals surface area contributed by atoms with Gasteiger partial charge in [-0.1, -0.05) is 24.3 Å². The maximum Gasteiger partial charge on any atom is 0.293 e. The summed E-state index contributed by atoms with van der Waals surface area (Å²) in [4.78, 5) is 12.6. The molecule has 150 valence electrons. The Morgan fingerprint density at radius 2 is 1.79 bits per heavy atom. The summed E-state index contributed by atoms with van der Waals surface area (Å²) in [5.41, 5.74) is 1.94. The maximum atomic E-state index is 13.0. The highest BCUT2D eigenvalue weighted by Crippen LogP contribution is 2.31. The second kappa shape index (κ2) is 8.26. The fourth-order valence-electron chi connectivity index (χ4n) is 3.28. The standard InChI is InChI=1S/C19H23N3O5S/c1-15-5-3-4-6-16(15)14-20-9-11-21(12-10-20)28(25,26)19-8-7-17(27-2)13-18(19)22(23)24/h3-8,13H,9-12,14H2,1-2H3. The second-order valence-corrected chi connectivity index (χ2v) is 8.60. The molecule has 28 heavy (non-hydrogen) atoms. The number of rotatable bonds is 6. The third kappa shape index (κ3) is 4.16. The Hall–Kier alpha value is -2.49. The number of benzene rings is 2. The number of nitrogens with zero attached hydrogens (tertiary/aromatic N) is 3. The Bertz CT molecular complexity index is 969. The van der Waals surface area contributed by atoms with Crippen molar-refractivity contribution in [2.75, 3.05) is 33.3 Å². The van der Waals surface area contributed by atoms with Crippen LogP contribution in [0.5, 0.6) is 5.75 Å². The largest absolute Gasteiger partial charge is 0.497 e. The molecule has 0 amide bonds. The van der Waals surface area contributed by atoms with E-state index in [0.717, 1.165) is 12.6 Å². The topological polar surface area (TPSA) is 93.0 Å². The lowest BCUT2D eigenvalue weighted by Crippen LogP contribution is -2.48. The third-order valence-electron chi connectivity index (χ3n) is 4.97. The van der Waals surface area contributed by atoms with E-state index in [0.29, 0.717) is 13.1 Å². The zero-order valence-corrected chi connectivity index (χ0v) is 16.7. The Morgan fingerprint density at radius 3 is 2.39 bits per heavy atom. The first kappa shape index (κ1) is 20.2. The van der Waals surface area contributed by atoms with Gasteiger partial charge in [-0.05, 0) is 30.2 Å². The number of nitro benzene ring substituents is 1. The van der Waals surface area contributed by atoms with Crippen LogP contribution in [-0.2, 0) is 16.6 Å². The van der Waals surface area contributed by atoms with Gasteiger partial charge in [0.2, 0.25) is 10.0 Å². The molecule has 1 fully saturated rings. The molecule has 0 aliphatic carbocycles. The van der Waals surface area contributed by atoms with Crippen LogP contribution in [0.1, 0.15) is 11.1 Å². The van der Waals surface area contributed by atoms with E-state index in [1.807, 2.05) is 12.1 Å². The Kier molecular flexibility index (Phi) is 5.97. The quantitative estimate of drug-likeness (QED) is 0.541. The minimum absolute atomic E-state index is 0.244. The zero-order chi connectivity index (χ0) is 20.3. The molecule has 3 rings (SSSR count). The highest BCUT2D eigenvalue weighted by atomic mass is 32.2. The van der Waals surface area contributed by atoms with Crippen LogP contribution in [0.25, 0.3) is 0 Å². The Balaban J connectivity index is 1.75. The first-order chi connectivity index (χ1) is 13.3. The SMILES string of the molecule is COc1ccc(S(=O)(=O)N2CCN(Cc3ccccc3C)CC2)c([N+](=O)[O-])c1. The Labute approximate surface area is 164 Å². The molecule has 1 aliphatic heterocycles. The lowest BCUT2D eigenvalue weighted by Gasteiger charge is -2.34. The molecule has 0 bridgehead atoms. The number of aryl methyl sites for hydroxylation is 1. The predicted octanol–water partition coefficient (Wildman–Crippen LogP) is 2.42. The summed E-state index contributed by atoms with van der Waals surface area (Å²) in [6, 6.07) is 11.9. The van der Waals surface area contributed by atoms with Crippen molar-refractivity contribution in [3.8, 4) is 5.75 Å². The highest BCUT2D eigenvalue weighted by Gasteiger charge is 2.34. The Morgan fingerprint density at radius 1 is 1.11 bits per heavy atom. The summed E-state index contributed by atoms with van der Waals surface area (Å²) in [5.74, 6) is 0.244. The van der Waals surface area contributed by atoms with E-state index >= 15 is 0 Å². The van der Waals surface area contributed by atoms with Gasteiger partial charge in [-0.15, -0.1) is 0 Å². The van der Waals surface area contributed by atoms with Crippen molar-refractivity contribution in [1.82, 2.24) is 9.21 Å². The minimum atomic E-state index is -3.96. The molecule has 2 aromatic carbocycles. The van der Waals surface area contributed by atoms with Crippen molar-refractivity contribution in [2.45, 2.75) is 18.4 Å². The van der Waals surface area contributed by atoms with E-state index in [1.54, 1.807) is 0 Å². The molecule has 0 N–H and O–H groups in total. The van der Waals surface area contributed by atoms with Crippen LogP contribution in [0.4, 0.5) is 5.69 Å². The third-order valence-corrected chi connectivity index (χ3v) is 6.91. The van der Waals surface area contributed by atoms with Gasteiger partial charge in [-0.25, -0.2) is 8.42 Å². The van der Waals surface area contributed by atoms with E-state index in [1.165, 1.54) is 34.7 Å². The molecule has 0 spiro atoms. The lowest BCUT2D eigenvalue weighted by molar-refractivity contribution is -0.387. The van der Waals surface area contributed by atoms with Gasteiger partial charge in [0.15, 0.2) is 4.90 Å². The molecule has 1 aliphatic rings. The summed E-state index contributed by atoms with van der Waals surface area (Å²) < 4.78 is 32.3. The normalized spacial score (nSPS) is 16.1. The van der Waals surface area contributed by atoms with Crippen LogP contribution in [0, 0.1) is 17.0 Å². The summed E-state index contributed by atoms with van der Waals surface area (Å²) >= 11 is 0. The lowest BCUT2D eigenvalue weighted by atomic mass is 10.1. The average Bonchev–Trinajstić information content (AvgIpc) is 2.69. The van der Waals surface area contributed by atoms with Gasteiger partial charge in [0.05, 0.1) is 18.1 Å². The molecule has 0 atom stereocenters. The highest BCUT2D eigenvalue weighted by molar-refractivity contribution is 7.89. The van der Waals surface area contributed by atoms with Gasteiger partial charge in [-0.3, -0.25) is 15.0 Å². The zero-order valence-electron chi connectivity index (χ0n) is 15.9. The van der Waals surface area contributed by atoms with Gasteiger partial charge in [0.25, 0.3) is 5.69 Å². The van der Waals surface area contributed by atoms with Crippen LogP contribution in [0.2, 0.25) is 0 Å². The molecular weight excluding hydrogens is 382 g/mol. The van der Waals surface area contributed by atoms with E-state index < -0.39 is 20.6 Å². The molecule has 1 saturated heterocycles. The van der Waals surface area contributed by atoms with Gasteiger partial charge >= 0.3 is 0 Å². The number of piperazine rings is 1. The van der Waals surface area contributed by atoms with Gasteiger partial charge in [0.1, 0.15) is 5.75 Å². The van der Waals surface area contributed by atoms with Crippen LogP contribution in [0.15, 0.2) is 47.4 Å². The van der Waals surface area contributed by atoms with Crippen LogP contribution in [0.3, 0.4) is 0 Å². The number of methoxy groups -OCH3 is 1. The van der Waals surface area contributed by atoms with Crippen molar-refractivity contribution >= 4 is 15.7 Å². The monoisotopic (exact) mass is 405 g/mol. The van der Waals surface area contributed by atoms with Crippen LogP contribution >= 0.6 is 0 Å². The van der Waals surface area contributed by atoms with E-state index in [4.69, 9.17) is 4.74 Å². The minimum Gasteiger partial charge on any atom is -0.497 e. The van der Waals surface area contributed by atoms with Crippen molar-refractivity contribution in [2.24, 2.45) is 0 Å². The molecule has 0 saturated carbocycles. The summed E-state index contributed by atoms with van der Waals surface area (Å²) in [6.07, 6.45) is 0. The number of hydrogen-bond donors (Lipinski definition) is 0. The molecular formula is C19H23N3O5S. The fourth-order valence-corrected chi connectivity index (χ4v) is 4.84. The summed E-state index contributed by atoms with van der Waals surface area (Å²) in [7, 11) is -2.58. The van der Waals surface area contributed by atoms with Crippen molar-refractivity contribution < 1.29 is 18.1 Å². The molecule has 8 nitrogen and oxygen atoms in total. The number of ether oxygens (including phenoxy) is 1. The van der Waals surface area contributed by atoms with E-state index in [2.05, 4.69) is 24.0 Å². The number of hydrogen-bond acceptors (Lipinski definition) is 6. The molecule has 0 aromatic heterocycles. The van der Waals surface area contributed by atoms with Gasteiger partial charge < -0.3 is 4.74 Å². The number of sulfonamides is 1.